The Morgan fingerprint density at radius 2 is 2.00 bits per heavy atom. The zero-order chi connectivity index (χ0) is 19.2. The number of hydrogen-bond donors (Lipinski definition) is 2. The number of hydrogen-bond acceptors (Lipinski definition) is 3. The van der Waals surface area contributed by atoms with Crippen LogP contribution in [0.25, 0.3) is 10.9 Å². The van der Waals surface area contributed by atoms with Gasteiger partial charge in [-0.25, -0.2) is 9.18 Å². The Labute approximate surface area is 159 Å². The number of aromatic amines is 1. The molecule has 5 nitrogen and oxygen atoms in total. The number of carbonyl (C=O) groups excluding carboxylic acids is 2. The smallest absolute Gasteiger partial charge is 0.337 e. The minimum Gasteiger partial charge on any atom is -0.465 e. The highest BCUT2D eigenvalue weighted by Crippen LogP contribution is 2.51. The summed E-state index contributed by atoms with van der Waals surface area (Å²) in [4.78, 5) is 27.8. The van der Waals surface area contributed by atoms with E-state index in [2.05, 4.69) is 10.3 Å². The van der Waals surface area contributed by atoms with Gasteiger partial charge in [0.25, 0.3) is 0 Å². The number of H-pyrrole nitrogens is 1. The molecule has 0 unspecified atom stereocenters. The van der Waals surface area contributed by atoms with Crippen LogP contribution in [-0.4, -0.2) is 24.0 Å². The number of anilines is 1. The van der Waals surface area contributed by atoms with Crippen LogP contribution in [0.3, 0.4) is 0 Å². The summed E-state index contributed by atoms with van der Waals surface area (Å²) in [5.41, 5.74) is 1.42. The number of esters is 1. The molecule has 0 saturated heterocycles. The summed E-state index contributed by atoms with van der Waals surface area (Å²) in [6.45, 7) is 0. The van der Waals surface area contributed by atoms with Crippen molar-refractivity contribution in [1.29, 1.82) is 0 Å². The molecule has 0 aliphatic heterocycles. The van der Waals surface area contributed by atoms with Crippen LogP contribution in [0.1, 0.15) is 28.8 Å². The normalized spacial score (nSPS) is 14.8. The Morgan fingerprint density at radius 1 is 1.22 bits per heavy atom. The summed E-state index contributed by atoms with van der Waals surface area (Å²) in [5.74, 6) is -1.11. The standard InChI is InChI=1S/C20H16ClFN2O3/c1-27-18(25)11-2-4-15(21)17(8-11)24-19(26)20(6-7-20)14-10-23-16-5-3-12(22)9-13(14)16/h2-5,8-10,23H,6-7H2,1H3,(H,24,26). The van der Waals surface area contributed by atoms with Crippen molar-refractivity contribution in [2.24, 2.45) is 0 Å². The van der Waals surface area contributed by atoms with Crippen molar-refractivity contribution >= 4 is 40.1 Å². The summed E-state index contributed by atoms with van der Waals surface area (Å²) in [7, 11) is 1.28. The van der Waals surface area contributed by atoms with Crippen LogP contribution in [0.5, 0.6) is 0 Å². The van der Waals surface area contributed by atoms with Crippen molar-refractivity contribution in [1.82, 2.24) is 4.98 Å². The summed E-state index contributed by atoms with van der Waals surface area (Å²) in [6.07, 6.45) is 3.05. The van der Waals surface area contributed by atoms with Crippen molar-refractivity contribution in [2.75, 3.05) is 12.4 Å². The van der Waals surface area contributed by atoms with E-state index in [1.54, 1.807) is 12.3 Å². The van der Waals surface area contributed by atoms with Crippen molar-refractivity contribution < 1.29 is 18.7 Å². The lowest BCUT2D eigenvalue weighted by Gasteiger charge is -2.16. The molecule has 4 rings (SSSR count). The third-order valence-corrected chi connectivity index (χ3v) is 5.31. The van der Waals surface area contributed by atoms with Gasteiger partial charge in [0.05, 0.1) is 28.8 Å². The molecular formula is C20H16ClFN2O3. The SMILES string of the molecule is COC(=O)c1ccc(Cl)c(NC(=O)C2(c3c[nH]c4ccc(F)cc34)CC2)c1. The lowest BCUT2D eigenvalue weighted by atomic mass is 9.94. The maximum atomic E-state index is 13.7. The summed E-state index contributed by atoms with van der Waals surface area (Å²) < 4.78 is 18.4. The minimum absolute atomic E-state index is 0.239. The molecule has 1 fully saturated rings. The zero-order valence-electron chi connectivity index (χ0n) is 14.4. The molecule has 1 aromatic heterocycles. The predicted molar refractivity (Wildman–Crippen MR) is 101 cm³/mol. The number of halogens is 2. The van der Waals surface area contributed by atoms with Gasteiger partial charge < -0.3 is 15.0 Å². The van der Waals surface area contributed by atoms with E-state index in [0.29, 0.717) is 28.9 Å². The number of amides is 1. The van der Waals surface area contributed by atoms with E-state index in [9.17, 15) is 14.0 Å². The maximum Gasteiger partial charge on any atom is 0.337 e. The highest BCUT2D eigenvalue weighted by molar-refractivity contribution is 6.34. The van der Waals surface area contributed by atoms with E-state index in [-0.39, 0.29) is 17.3 Å². The zero-order valence-corrected chi connectivity index (χ0v) is 15.2. The van der Waals surface area contributed by atoms with Gasteiger partial charge in [0.1, 0.15) is 5.82 Å². The lowest BCUT2D eigenvalue weighted by Crippen LogP contribution is -2.28. The van der Waals surface area contributed by atoms with Crippen molar-refractivity contribution in [2.45, 2.75) is 18.3 Å². The molecule has 1 saturated carbocycles. The number of fused-ring (bicyclic) bond motifs is 1. The molecule has 0 atom stereocenters. The molecule has 0 radical (unpaired) electrons. The fourth-order valence-electron chi connectivity index (χ4n) is 3.34. The lowest BCUT2D eigenvalue weighted by molar-refractivity contribution is -0.118. The minimum atomic E-state index is -0.739. The molecule has 0 bridgehead atoms. The van der Waals surface area contributed by atoms with Gasteiger partial charge in [0.2, 0.25) is 5.91 Å². The number of benzene rings is 2. The predicted octanol–water partition coefficient (Wildman–Crippen LogP) is 4.42. The van der Waals surface area contributed by atoms with E-state index >= 15 is 0 Å². The van der Waals surface area contributed by atoms with Crippen molar-refractivity contribution in [3.05, 3.63) is 64.6 Å². The van der Waals surface area contributed by atoms with Crippen LogP contribution in [0.4, 0.5) is 10.1 Å². The van der Waals surface area contributed by atoms with Crippen molar-refractivity contribution in [3.8, 4) is 0 Å². The monoisotopic (exact) mass is 386 g/mol. The van der Waals surface area contributed by atoms with E-state index in [4.69, 9.17) is 16.3 Å². The molecule has 2 N–H and O–H groups in total. The first kappa shape index (κ1) is 17.5. The Bertz CT molecular complexity index is 1070. The Hall–Kier alpha value is -2.86. The first-order valence-electron chi connectivity index (χ1n) is 8.41. The number of carbonyl (C=O) groups is 2. The molecule has 3 aromatic rings. The summed E-state index contributed by atoms with van der Waals surface area (Å²) in [6, 6.07) is 9.00. The molecule has 7 heteroatoms. The van der Waals surface area contributed by atoms with Crippen LogP contribution in [0.15, 0.2) is 42.6 Å². The highest BCUT2D eigenvalue weighted by atomic mass is 35.5. The fourth-order valence-corrected chi connectivity index (χ4v) is 3.51. The van der Waals surface area contributed by atoms with Gasteiger partial charge in [-0.2, -0.15) is 0 Å². The maximum absolute atomic E-state index is 13.7. The molecule has 1 amide bonds. The van der Waals surface area contributed by atoms with Crippen molar-refractivity contribution in [3.63, 3.8) is 0 Å². The second-order valence-corrected chi connectivity index (χ2v) is 7.02. The molecule has 1 heterocycles. The van der Waals surface area contributed by atoms with Gasteiger partial charge in [-0.15, -0.1) is 0 Å². The van der Waals surface area contributed by atoms with Crippen LogP contribution >= 0.6 is 11.6 Å². The molecule has 1 aliphatic rings. The number of aromatic nitrogens is 1. The quantitative estimate of drug-likeness (QED) is 0.652. The average Bonchev–Trinajstić information content (AvgIpc) is 3.37. The second kappa shape index (κ2) is 6.39. The first-order valence-corrected chi connectivity index (χ1v) is 8.79. The first-order chi connectivity index (χ1) is 12.9. The largest absolute Gasteiger partial charge is 0.465 e. The number of rotatable bonds is 4. The van der Waals surface area contributed by atoms with E-state index < -0.39 is 11.4 Å². The topological polar surface area (TPSA) is 71.2 Å². The average molecular weight is 387 g/mol. The van der Waals surface area contributed by atoms with E-state index in [0.717, 1.165) is 11.1 Å². The molecule has 2 aromatic carbocycles. The molecule has 0 spiro atoms. The molecule has 138 valence electrons. The number of ether oxygens (including phenoxy) is 1. The van der Waals surface area contributed by atoms with Gasteiger partial charge in [0.15, 0.2) is 0 Å². The molecule has 1 aliphatic carbocycles. The van der Waals surface area contributed by atoms with Gasteiger partial charge in [-0.05, 0) is 54.8 Å². The van der Waals surface area contributed by atoms with Crippen LogP contribution in [-0.2, 0) is 14.9 Å². The fraction of sp³-hybridized carbons (Fsp3) is 0.200. The third kappa shape index (κ3) is 2.96. The molecular weight excluding hydrogens is 371 g/mol. The van der Waals surface area contributed by atoms with Crippen LogP contribution in [0.2, 0.25) is 5.02 Å². The summed E-state index contributed by atoms with van der Waals surface area (Å²) in [5, 5.41) is 3.82. The van der Waals surface area contributed by atoms with Gasteiger partial charge in [0, 0.05) is 17.1 Å². The number of methoxy groups -OCH3 is 1. The van der Waals surface area contributed by atoms with E-state index in [1.807, 2.05) is 0 Å². The van der Waals surface area contributed by atoms with Crippen LogP contribution < -0.4 is 5.32 Å². The van der Waals surface area contributed by atoms with Gasteiger partial charge >= 0.3 is 5.97 Å². The van der Waals surface area contributed by atoms with Crippen LogP contribution in [0, 0.1) is 5.82 Å². The Morgan fingerprint density at radius 3 is 2.70 bits per heavy atom. The highest BCUT2D eigenvalue weighted by Gasteiger charge is 2.52. The second-order valence-electron chi connectivity index (χ2n) is 6.61. The Kier molecular flexibility index (Phi) is 4.15. The summed E-state index contributed by atoms with van der Waals surface area (Å²) >= 11 is 6.18. The molecule has 27 heavy (non-hydrogen) atoms. The van der Waals surface area contributed by atoms with E-state index in [1.165, 1.54) is 37.4 Å². The Balaban J connectivity index is 1.67. The number of nitrogens with one attached hydrogen (secondary N) is 2. The van der Waals surface area contributed by atoms with Gasteiger partial charge in [-0.1, -0.05) is 11.6 Å². The third-order valence-electron chi connectivity index (χ3n) is 4.98. The van der Waals surface area contributed by atoms with Gasteiger partial charge in [-0.3, -0.25) is 4.79 Å².